The van der Waals surface area contributed by atoms with Crippen molar-refractivity contribution in [1.29, 1.82) is 0 Å². The van der Waals surface area contributed by atoms with E-state index in [2.05, 4.69) is 61.8 Å². The van der Waals surface area contributed by atoms with Gasteiger partial charge < -0.3 is 21.2 Å². The second kappa shape index (κ2) is 4090. The van der Waals surface area contributed by atoms with Gasteiger partial charge in [-0.05, 0) is 0 Å². The quantitative estimate of drug-likeness (QED) is 0.421. The molecule has 0 aliphatic rings. The van der Waals surface area contributed by atoms with Gasteiger partial charge in [0.15, 0.2) is 0 Å². The van der Waals surface area contributed by atoms with Crippen LogP contribution in [-0.2, 0) is 46.2 Å². The average Bonchev–Trinajstić information content (AvgIpc) is 2.20. The van der Waals surface area contributed by atoms with E-state index in [-0.39, 0.29) is 27.2 Å². The van der Waals surface area contributed by atoms with Crippen molar-refractivity contribution < 1.29 is 68.7 Å². The Hall–Kier alpha value is 0.738. The maximum Gasteiger partial charge on any atom is 1.00 e. The van der Waals surface area contributed by atoms with E-state index in [1.54, 1.807) is 0 Å². The van der Waals surface area contributed by atoms with Crippen LogP contribution >= 0.6 is 0 Å². The van der Waals surface area contributed by atoms with Gasteiger partial charge in [-0.25, -0.2) is 0 Å². The summed E-state index contributed by atoms with van der Waals surface area (Å²) in [4.78, 5) is 0. The second-order valence-corrected chi connectivity index (χ2v) is 0. The van der Waals surface area contributed by atoms with E-state index in [1.807, 2.05) is 0 Å². The molecular weight excluding hydrogens is 313 g/mol. The topological polar surface area (TPSA) is 107 Å². The van der Waals surface area contributed by atoms with Gasteiger partial charge >= 0.3 is 63.3 Å². The van der Waals surface area contributed by atoms with E-state index in [0.717, 1.165) is 7.11 Å². The molecule has 0 aromatic heterocycles. The van der Waals surface area contributed by atoms with Gasteiger partial charge in [-0.3, -0.25) is 0 Å². The zero-order chi connectivity index (χ0) is 10.0. The van der Waals surface area contributed by atoms with Crippen LogP contribution in [0.2, 0.25) is 0 Å². The molecule has 0 bridgehead atoms. The molecule has 0 aromatic rings. The van der Waals surface area contributed by atoms with Gasteiger partial charge in [-0.1, -0.05) is 14.9 Å². The fourth-order valence-corrected chi connectivity index (χ4v) is 0. The summed E-state index contributed by atoms with van der Waals surface area (Å²) in [7, 11) is 2.00. The van der Waals surface area contributed by atoms with Gasteiger partial charge in [-0.15, -0.1) is 0 Å². The maximum atomic E-state index is 8.25. The zero-order valence-corrected chi connectivity index (χ0v) is 10.3. The third kappa shape index (κ3) is 3220. The normalized spacial score (nSPS) is 1.50. The summed E-state index contributed by atoms with van der Waals surface area (Å²) in [5.74, 6) is 0. The molecule has 14 heavy (non-hydrogen) atoms. The number of hydrogen-bond acceptors (Lipinski definition) is 2. The van der Waals surface area contributed by atoms with E-state index in [4.69, 9.17) is 10.2 Å². The molecule has 0 fully saturated rings. The summed E-state index contributed by atoms with van der Waals surface area (Å²) in [6.45, 7) is 0. The first-order valence-corrected chi connectivity index (χ1v) is 3.61. The minimum Gasteiger partial charge on any atom is -0.870 e. The molecule has 0 spiro atoms. The fourth-order valence-electron chi connectivity index (χ4n) is 0. The second-order valence-electron chi connectivity index (χ2n) is 0. The molecule has 0 atom stereocenters. The Morgan fingerprint density at radius 2 is 0.857 bits per heavy atom. The summed E-state index contributed by atoms with van der Waals surface area (Å²) < 4.78 is 0. The molecule has 0 aromatic carbocycles. The van der Waals surface area contributed by atoms with Crippen molar-refractivity contribution in [3.05, 3.63) is 0 Å². The van der Waals surface area contributed by atoms with Crippen LogP contribution in [0.5, 0.6) is 0 Å². The van der Waals surface area contributed by atoms with E-state index in [9.17, 15) is 0 Å². The monoisotopic (exact) mass is 336 g/mol. The summed E-state index contributed by atoms with van der Waals surface area (Å²) in [5.41, 5.74) is 0. The molecule has 0 unspecified atom stereocenters. The Bertz CT molecular complexity index is 54.7. The Labute approximate surface area is 113 Å². The van der Waals surface area contributed by atoms with Crippen LogP contribution in [0.3, 0.4) is 0 Å². The Balaban J connectivity index is -0.00000000240. The predicted octanol–water partition coefficient (Wildman–Crippen LogP) is -0.933. The Morgan fingerprint density at radius 1 is 0.857 bits per heavy atom. The first kappa shape index (κ1) is 84.5. The van der Waals surface area contributed by atoms with Crippen LogP contribution in [-0.4, -0.2) is 30.3 Å². The first-order valence-electron chi connectivity index (χ1n) is 1.56. The maximum absolute atomic E-state index is 8.25. The molecule has 0 saturated heterocycles. The molecule has 0 rings (SSSR count). The van der Waals surface area contributed by atoms with Crippen molar-refractivity contribution in [2.45, 2.75) is 14.9 Å². The third-order valence-corrected chi connectivity index (χ3v) is 0. The number of rotatable bonds is 0. The molecule has 0 heterocycles. The van der Waals surface area contributed by atoms with Gasteiger partial charge in [0.05, 0.1) is 0 Å². The SMILES string of the molecule is C.C.C[O-].C[OH2+].O.[CH]#[Mn].[CH]#[Mn].[CH]#[Mn].[H+].[OH-]. The van der Waals surface area contributed by atoms with Crippen molar-refractivity contribution in [2.75, 3.05) is 14.2 Å². The van der Waals surface area contributed by atoms with E-state index in [0.29, 0.717) is 0 Å². The van der Waals surface area contributed by atoms with E-state index < -0.39 is 0 Å². The van der Waals surface area contributed by atoms with Crippen molar-refractivity contribution >= 4 is 0 Å². The van der Waals surface area contributed by atoms with Gasteiger partial charge in [-0.2, -0.15) is 7.11 Å². The number of hydrogen-bond donors (Lipinski definition) is 0. The minimum atomic E-state index is 0. The molecule has 0 saturated carbocycles. The molecule has 0 amide bonds. The molecule has 4 nitrogen and oxygen atoms in total. The van der Waals surface area contributed by atoms with Crippen LogP contribution in [0.1, 0.15) is 16.3 Å². The molecule has 0 aliphatic carbocycles. The molecule has 0 radical (unpaired) electrons. The predicted molar refractivity (Wildman–Crippen MR) is 50.4 cm³/mol. The Kier molecular flexibility index (Phi) is 24700. The molecule has 7 heteroatoms. The molecular formula is C7H23Mn3O4. The van der Waals surface area contributed by atoms with Crippen molar-refractivity contribution in [2.24, 2.45) is 0 Å². The summed E-state index contributed by atoms with van der Waals surface area (Å²) in [5, 5.41) is 26.9. The molecule has 96 valence electrons. The smallest absolute Gasteiger partial charge is 0.870 e. The van der Waals surface area contributed by atoms with Crippen molar-refractivity contribution in [3.63, 3.8) is 0 Å². The summed E-state index contributed by atoms with van der Waals surface area (Å²) in [6, 6.07) is 0. The van der Waals surface area contributed by atoms with E-state index >= 15 is 0 Å². The van der Waals surface area contributed by atoms with Crippen LogP contribution in [0, 0.1) is 15.7 Å². The van der Waals surface area contributed by atoms with Crippen molar-refractivity contribution in [3.8, 4) is 15.7 Å². The zero-order valence-electron chi connectivity index (χ0n) is 7.72. The first-order chi connectivity index (χ1) is 5.00. The van der Waals surface area contributed by atoms with Crippen LogP contribution in [0.4, 0.5) is 0 Å². The largest absolute Gasteiger partial charge is 1.00 e. The Morgan fingerprint density at radius 3 is 0.857 bits per heavy atom. The molecule has 0 aliphatic heterocycles. The van der Waals surface area contributed by atoms with Gasteiger partial charge in [0.2, 0.25) is 0 Å². The van der Waals surface area contributed by atoms with Crippen LogP contribution < -0.4 is 5.11 Å². The summed E-state index contributed by atoms with van der Waals surface area (Å²) in [6.07, 6.45) is 0. The van der Waals surface area contributed by atoms with Gasteiger partial charge in [0.25, 0.3) is 0 Å². The average molecular weight is 336 g/mol. The van der Waals surface area contributed by atoms with Gasteiger partial charge in [0.1, 0.15) is 7.11 Å². The minimum absolute atomic E-state index is 0. The van der Waals surface area contributed by atoms with Crippen molar-refractivity contribution in [1.82, 2.24) is 0 Å². The summed E-state index contributed by atoms with van der Waals surface area (Å²) >= 11 is 7.31. The third-order valence-electron chi connectivity index (χ3n) is 0. The van der Waals surface area contributed by atoms with Crippen LogP contribution in [0.15, 0.2) is 0 Å². The molecule has 5 N–H and O–H groups in total. The van der Waals surface area contributed by atoms with E-state index in [1.165, 1.54) is 7.11 Å². The fraction of sp³-hybridized carbons (Fsp3) is 0.571. The van der Waals surface area contributed by atoms with Gasteiger partial charge in [0, 0.05) is 0 Å². The van der Waals surface area contributed by atoms with Crippen LogP contribution in [0.25, 0.3) is 0 Å². The standard InChI is InChI=1S/CH4O.CH3O.2CH4.3CH.3Mn.2H2O/c2*1-2;;;;;;;;;;/h2H,1H3;1H3;2*1H4;3*1H;;;;2*1H2/q;-1;;;;;;;;;;/p+1.